The van der Waals surface area contributed by atoms with Gasteiger partial charge in [-0.3, -0.25) is 0 Å². The first-order valence-corrected chi connectivity index (χ1v) is 15.9. The SMILES string of the molecule is O=S(c1ccccc1)c1ccc2c(c1)C1(c3ccccc3-c3ccccc31)c1cc(S(=O)c3ccccc3)ccc1-2. The van der Waals surface area contributed by atoms with Gasteiger partial charge in [-0.05, 0) is 93.0 Å². The van der Waals surface area contributed by atoms with Crippen molar-refractivity contribution in [2.24, 2.45) is 0 Å². The molecule has 0 amide bonds. The summed E-state index contributed by atoms with van der Waals surface area (Å²) >= 11 is 0. The molecular weight excluding hydrogens is 541 g/mol. The molecule has 2 aliphatic rings. The van der Waals surface area contributed by atoms with E-state index in [1.54, 1.807) is 0 Å². The fraction of sp³-hybridized carbons (Fsp3) is 0.0270. The summed E-state index contributed by atoms with van der Waals surface area (Å²) < 4.78 is 27.6. The molecule has 0 aromatic heterocycles. The van der Waals surface area contributed by atoms with Crippen LogP contribution >= 0.6 is 0 Å². The van der Waals surface area contributed by atoms with Crippen molar-refractivity contribution in [2.75, 3.05) is 0 Å². The van der Waals surface area contributed by atoms with Crippen molar-refractivity contribution in [1.29, 1.82) is 0 Å². The number of rotatable bonds is 4. The van der Waals surface area contributed by atoms with Crippen molar-refractivity contribution in [3.63, 3.8) is 0 Å². The van der Waals surface area contributed by atoms with E-state index in [9.17, 15) is 8.42 Å². The van der Waals surface area contributed by atoms with Gasteiger partial charge in [0.05, 0.1) is 27.0 Å². The van der Waals surface area contributed by atoms with Crippen LogP contribution in [0.15, 0.2) is 165 Å². The van der Waals surface area contributed by atoms with Crippen LogP contribution in [-0.2, 0) is 27.0 Å². The summed E-state index contributed by atoms with van der Waals surface area (Å²) in [6, 6.07) is 49.0. The third kappa shape index (κ3) is 3.48. The maximum atomic E-state index is 13.8. The second kappa shape index (κ2) is 9.34. The molecule has 1 spiro atoms. The summed E-state index contributed by atoms with van der Waals surface area (Å²) in [5, 5.41) is 0. The quantitative estimate of drug-likeness (QED) is 0.215. The van der Waals surface area contributed by atoms with E-state index in [1.807, 2.05) is 72.8 Å². The van der Waals surface area contributed by atoms with Crippen LogP contribution < -0.4 is 0 Å². The Hall–Kier alpha value is -4.38. The molecule has 196 valence electrons. The Morgan fingerprint density at radius 1 is 0.341 bits per heavy atom. The highest BCUT2D eigenvalue weighted by Crippen LogP contribution is 2.63. The molecule has 41 heavy (non-hydrogen) atoms. The molecule has 0 heterocycles. The van der Waals surface area contributed by atoms with Crippen molar-refractivity contribution in [3.05, 3.63) is 168 Å². The van der Waals surface area contributed by atoms with Gasteiger partial charge in [-0.25, -0.2) is 8.42 Å². The van der Waals surface area contributed by atoms with Crippen molar-refractivity contribution in [3.8, 4) is 22.3 Å². The summed E-state index contributed by atoms with van der Waals surface area (Å²) in [6.45, 7) is 0. The van der Waals surface area contributed by atoms with E-state index in [4.69, 9.17) is 0 Å². The van der Waals surface area contributed by atoms with E-state index in [0.717, 1.165) is 41.8 Å². The summed E-state index contributed by atoms with van der Waals surface area (Å²) in [5.74, 6) is 0. The zero-order valence-corrected chi connectivity index (χ0v) is 23.6. The molecular formula is C37H24O2S2. The molecule has 8 rings (SSSR count). The lowest BCUT2D eigenvalue weighted by molar-refractivity contribution is 0.682. The lowest BCUT2D eigenvalue weighted by atomic mass is 9.70. The largest absolute Gasteiger partial charge is 0.249 e. The number of hydrogen-bond acceptors (Lipinski definition) is 2. The highest BCUT2D eigenvalue weighted by molar-refractivity contribution is 7.85. The third-order valence-electron chi connectivity index (χ3n) is 8.38. The normalized spacial score (nSPS) is 15.0. The molecule has 6 aromatic rings. The summed E-state index contributed by atoms with van der Waals surface area (Å²) in [5.41, 5.74) is 8.68. The van der Waals surface area contributed by atoms with Gasteiger partial charge < -0.3 is 0 Å². The van der Waals surface area contributed by atoms with Gasteiger partial charge >= 0.3 is 0 Å². The van der Waals surface area contributed by atoms with Crippen LogP contribution in [0.5, 0.6) is 0 Å². The summed E-state index contributed by atoms with van der Waals surface area (Å²) in [4.78, 5) is 3.11. The molecule has 0 fully saturated rings. The molecule has 2 nitrogen and oxygen atoms in total. The molecule has 6 aromatic carbocycles. The second-order valence-electron chi connectivity index (χ2n) is 10.4. The van der Waals surface area contributed by atoms with Gasteiger partial charge in [0.2, 0.25) is 0 Å². The van der Waals surface area contributed by atoms with Gasteiger partial charge in [0.15, 0.2) is 0 Å². The van der Waals surface area contributed by atoms with E-state index in [2.05, 4.69) is 72.8 Å². The van der Waals surface area contributed by atoms with Gasteiger partial charge in [0.1, 0.15) is 0 Å². The first-order chi connectivity index (χ1) is 20.2. The number of benzene rings is 6. The minimum atomic E-state index is -1.32. The first-order valence-electron chi connectivity index (χ1n) is 13.6. The Labute approximate surface area is 244 Å². The lowest BCUT2D eigenvalue weighted by Crippen LogP contribution is -2.26. The lowest BCUT2D eigenvalue weighted by Gasteiger charge is -2.31. The van der Waals surface area contributed by atoms with E-state index in [0.29, 0.717) is 0 Å². The molecule has 0 radical (unpaired) electrons. The molecule has 4 heteroatoms. The van der Waals surface area contributed by atoms with Crippen LogP contribution in [-0.4, -0.2) is 8.42 Å². The standard InChI is InChI=1S/C37H24O2S2/c38-40(25-11-3-1-4-12-25)27-19-21-31-32-22-20-28(41(39)26-13-5-2-6-14-26)24-36(32)37(35(31)23-27)33-17-9-7-15-29(33)30-16-8-10-18-34(30)37/h1-24H. The van der Waals surface area contributed by atoms with Crippen molar-refractivity contribution in [2.45, 2.75) is 25.0 Å². The van der Waals surface area contributed by atoms with Crippen LogP contribution in [0, 0.1) is 0 Å². The zero-order valence-electron chi connectivity index (χ0n) is 22.0. The highest BCUT2D eigenvalue weighted by atomic mass is 32.2. The molecule has 0 bridgehead atoms. The Balaban J connectivity index is 1.42. The van der Waals surface area contributed by atoms with Crippen molar-refractivity contribution < 1.29 is 8.42 Å². The second-order valence-corrected chi connectivity index (χ2v) is 13.4. The molecule has 0 saturated heterocycles. The van der Waals surface area contributed by atoms with Gasteiger partial charge in [0.25, 0.3) is 0 Å². The van der Waals surface area contributed by atoms with E-state index in [1.165, 1.54) is 22.3 Å². The average molecular weight is 565 g/mol. The van der Waals surface area contributed by atoms with Crippen LogP contribution in [0.4, 0.5) is 0 Å². The minimum absolute atomic E-state index is 0.606. The van der Waals surface area contributed by atoms with Crippen molar-refractivity contribution in [1.82, 2.24) is 0 Å². The van der Waals surface area contributed by atoms with E-state index in [-0.39, 0.29) is 0 Å². The molecule has 2 unspecified atom stereocenters. The minimum Gasteiger partial charge on any atom is -0.249 e. The zero-order chi connectivity index (χ0) is 27.6. The number of hydrogen-bond donors (Lipinski definition) is 0. The maximum Gasteiger partial charge on any atom is 0.0849 e. The van der Waals surface area contributed by atoms with Crippen LogP contribution in [0.2, 0.25) is 0 Å². The van der Waals surface area contributed by atoms with Crippen LogP contribution in [0.3, 0.4) is 0 Å². The van der Waals surface area contributed by atoms with Gasteiger partial charge in [-0.1, -0.05) is 97.1 Å². The topological polar surface area (TPSA) is 34.1 Å². The molecule has 2 atom stereocenters. The maximum absolute atomic E-state index is 13.8. The molecule has 2 aliphatic carbocycles. The number of fused-ring (bicyclic) bond motifs is 10. The fourth-order valence-electron chi connectivity index (χ4n) is 6.69. The van der Waals surface area contributed by atoms with Gasteiger partial charge in [-0.15, -0.1) is 0 Å². The van der Waals surface area contributed by atoms with Gasteiger partial charge in [0, 0.05) is 19.6 Å². The molecule has 0 saturated carbocycles. The van der Waals surface area contributed by atoms with E-state index >= 15 is 0 Å². The predicted molar refractivity (Wildman–Crippen MR) is 165 cm³/mol. The average Bonchev–Trinajstić information content (AvgIpc) is 3.51. The van der Waals surface area contributed by atoms with Crippen molar-refractivity contribution >= 4 is 21.6 Å². The van der Waals surface area contributed by atoms with Crippen LogP contribution in [0.25, 0.3) is 22.3 Å². The predicted octanol–water partition coefficient (Wildman–Crippen LogP) is 8.36. The Morgan fingerprint density at radius 2 is 0.707 bits per heavy atom. The molecule has 0 N–H and O–H groups in total. The highest BCUT2D eigenvalue weighted by Gasteiger charge is 2.52. The van der Waals surface area contributed by atoms with Gasteiger partial charge in [-0.2, -0.15) is 0 Å². The Bertz CT molecular complexity index is 1880. The summed E-state index contributed by atoms with van der Waals surface area (Å²) in [7, 11) is -2.64. The van der Waals surface area contributed by atoms with E-state index < -0.39 is 27.0 Å². The Morgan fingerprint density at radius 3 is 1.15 bits per heavy atom. The summed E-state index contributed by atoms with van der Waals surface area (Å²) in [6.07, 6.45) is 0. The third-order valence-corrected chi connectivity index (χ3v) is 11.1. The first kappa shape index (κ1) is 24.4. The van der Waals surface area contributed by atoms with Crippen LogP contribution in [0.1, 0.15) is 22.3 Å². The molecule has 0 aliphatic heterocycles. The fourth-order valence-corrected chi connectivity index (χ4v) is 8.87. The monoisotopic (exact) mass is 564 g/mol. The smallest absolute Gasteiger partial charge is 0.0849 e. The Kier molecular flexibility index (Phi) is 5.56.